The highest BCUT2D eigenvalue weighted by molar-refractivity contribution is 5.84. The van der Waals surface area contributed by atoms with Crippen LogP contribution >= 0.6 is 0 Å². The van der Waals surface area contributed by atoms with Gasteiger partial charge in [-0.1, -0.05) is 0 Å². The molecule has 4 aromatic rings. The molecule has 2 aromatic carbocycles. The maximum Gasteiger partial charge on any atom is 0.229 e. The zero-order valence-corrected chi connectivity index (χ0v) is 13.6. The Kier molecular flexibility index (Phi) is 3.70. The van der Waals surface area contributed by atoms with Crippen molar-refractivity contribution in [3.8, 4) is 5.75 Å². The standard InChI is InChI=1S/C19H17N5O/c1-12-10-13-11-15(4-7-17(13)21-12)22-18-8-9-20-19(24-18)23-14-2-5-16(25)6-3-14/h2-11,21,25H,1H3,(H2,20,22,23,24). The largest absolute Gasteiger partial charge is 0.508 e. The summed E-state index contributed by atoms with van der Waals surface area (Å²) in [5.74, 6) is 1.40. The number of H-pyrrole nitrogens is 1. The van der Waals surface area contributed by atoms with Crippen LogP contribution in [0.1, 0.15) is 5.69 Å². The number of aromatic nitrogens is 3. The second-order valence-electron chi connectivity index (χ2n) is 5.82. The van der Waals surface area contributed by atoms with Gasteiger partial charge < -0.3 is 20.7 Å². The molecule has 4 rings (SSSR count). The molecule has 25 heavy (non-hydrogen) atoms. The molecule has 6 nitrogen and oxygen atoms in total. The summed E-state index contributed by atoms with van der Waals surface area (Å²) >= 11 is 0. The highest BCUT2D eigenvalue weighted by Crippen LogP contribution is 2.23. The smallest absolute Gasteiger partial charge is 0.229 e. The Morgan fingerprint density at radius 1 is 0.920 bits per heavy atom. The minimum absolute atomic E-state index is 0.220. The van der Waals surface area contributed by atoms with E-state index >= 15 is 0 Å². The number of anilines is 4. The number of aromatic hydroxyl groups is 1. The molecular formula is C19H17N5O. The number of aromatic amines is 1. The number of hydrogen-bond acceptors (Lipinski definition) is 5. The van der Waals surface area contributed by atoms with Crippen LogP contribution < -0.4 is 10.6 Å². The van der Waals surface area contributed by atoms with Gasteiger partial charge in [0.1, 0.15) is 11.6 Å². The van der Waals surface area contributed by atoms with E-state index in [4.69, 9.17) is 0 Å². The number of phenols is 1. The second-order valence-corrected chi connectivity index (χ2v) is 5.82. The average Bonchev–Trinajstić information content (AvgIpc) is 2.97. The lowest BCUT2D eigenvalue weighted by Gasteiger charge is -2.08. The van der Waals surface area contributed by atoms with Crippen LogP contribution in [0.15, 0.2) is 60.8 Å². The Morgan fingerprint density at radius 3 is 2.56 bits per heavy atom. The van der Waals surface area contributed by atoms with Gasteiger partial charge in [0.15, 0.2) is 0 Å². The highest BCUT2D eigenvalue weighted by atomic mass is 16.3. The first-order valence-corrected chi connectivity index (χ1v) is 7.91. The van der Waals surface area contributed by atoms with Crippen molar-refractivity contribution in [1.29, 1.82) is 0 Å². The van der Waals surface area contributed by atoms with Gasteiger partial charge in [-0.25, -0.2) is 4.98 Å². The van der Waals surface area contributed by atoms with Crippen LogP contribution in [0.2, 0.25) is 0 Å². The van der Waals surface area contributed by atoms with Gasteiger partial charge in [0.05, 0.1) is 0 Å². The molecule has 4 N–H and O–H groups in total. The Bertz CT molecular complexity index is 1020. The molecule has 0 amide bonds. The fourth-order valence-corrected chi connectivity index (χ4v) is 2.67. The molecular weight excluding hydrogens is 314 g/mol. The molecule has 0 saturated heterocycles. The summed E-state index contributed by atoms with van der Waals surface area (Å²) in [6.45, 7) is 2.04. The minimum Gasteiger partial charge on any atom is -0.508 e. The highest BCUT2D eigenvalue weighted by Gasteiger charge is 2.03. The van der Waals surface area contributed by atoms with E-state index in [1.807, 2.05) is 25.1 Å². The molecule has 0 spiro atoms. The van der Waals surface area contributed by atoms with Gasteiger partial charge in [0.2, 0.25) is 5.95 Å². The number of nitrogens with zero attached hydrogens (tertiary/aromatic N) is 2. The zero-order chi connectivity index (χ0) is 17.2. The summed E-state index contributed by atoms with van der Waals surface area (Å²) in [4.78, 5) is 12.0. The van der Waals surface area contributed by atoms with E-state index in [2.05, 4.69) is 37.7 Å². The van der Waals surface area contributed by atoms with Gasteiger partial charge >= 0.3 is 0 Å². The van der Waals surface area contributed by atoms with Crippen molar-refractivity contribution in [3.05, 3.63) is 66.5 Å². The third-order valence-electron chi connectivity index (χ3n) is 3.81. The molecule has 0 fully saturated rings. The number of aryl methyl sites for hydroxylation is 1. The van der Waals surface area contributed by atoms with Gasteiger partial charge in [-0.3, -0.25) is 0 Å². The quantitative estimate of drug-likeness (QED) is 0.415. The monoisotopic (exact) mass is 331 g/mol. The first-order chi connectivity index (χ1) is 12.2. The number of benzene rings is 2. The van der Waals surface area contributed by atoms with Crippen molar-refractivity contribution >= 4 is 34.0 Å². The average molecular weight is 331 g/mol. The Hall–Kier alpha value is -3.54. The van der Waals surface area contributed by atoms with Crippen LogP contribution in [0, 0.1) is 6.92 Å². The molecule has 0 aliphatic rings. The topological polar surface area (TPSA) is 85.9 Å². The van der Waals surface area contributed by atoms with E-state index in [1.54, 1.807) is 30.5 Å². The van der Waals surface area contributed by atoms with Crippen molar-refractivity contribution in [2.75, 3.05) is 10.6 Å². The van der Waals surface area contributed by atoms with E-state index in [0.717, 1.165) is 28.0 Å². The van der Waals surface area contributed by atoms with Crippen LogP contribution in [0.5, 0.6) is 5.75 Å². The van der Waals surface area contributed by atoms with Crippen molar-refractivity contribution in [1.82, 2.24) is 15.0 Å². The maximum atomic E-state index is 9.34. The van der Waals surface area contributed by atoms with Crippen molar-refractivity contribution in [2.24, 2.45) is 0 Å². The van der Waals surface area contributed by atoms with E-state index in [-0.39, 0.29) is 5.75 Å². The molecule has 0 atom stereocenters. The van der Waals surface area contributed by atoms with Crippen LogP contribution in [-0.4, -0.2) is 20.1 Å². The number of rotatable bonds is 4. The molecule has 2 aromatic heterocycles. The molecule has 0 aliphatic carbocycles. The Balaban J connectivity index is 1.54. The minimum atomic E-state index is 0.220. The van der Waals surface area contributed by atoms with Gasteiger partial charge in [-0.2, -0.15) is 4.98 Å². The van der Waals surface area contributed by atoms with Crippen LogP contribution in [0.25, 0.3) is 10.9 Å². The first-order valence-electron chi connectivity index (χ1n) is 7.91. The van der Waals surface area contributed by atoms with E-state index in [1.165, 1.54) is 0 Å². The van der Waals surface area contributed by atoms with Crippen molar-refractivity contribution < 1.29 is 5.11 Å². The Morgan fingerprint density at radius 2 is 1.72 bits per heavy atom. The lowest BCUT2D eigenvalue weighted by atomic mass is 10.2. The Labute approximate surface area is 144 Å². The third kappa shape index (κ3) is 3.37. The number of phenolic OH excluding ortho intramolecular Hbond substituents is 1. The zero-order valence-electron chi connectivity index (χ0n) is 13.6. The number of fused-ring (bicyclic) bond motifs is 1. The van der Waals surface area contributed by atoms with E-state index < -0.39 is 0 Å². The summed E-state index contributed by atoms with van der Waals surface area (Å²) < 4.78 is 0. The van der Waals surface area contributed by atoms with E-state index in [0.29, 0.717) is 11.8 Å². The molecule has 2 heterocycles. The predicted octanol–water partition coefficient (Wildman–Crippen LogP) is 4.46. The van der Waals surface area contributed by atoms with Gasteiger partial charge in [0, 0.05) is 34.2 Å². The van der Waals surface area contributed by atoms with E-state index in [9.17, 15) is 5.11 Å². The first kappa shape index (κ1) is 15.0. The third-order valence-corrected chi connectivity index (χ3v) is 3.81. The molecule has 0 aliphatic heterocycles. The van der Waals surface area contributed by atoms with Crippen molar-refractivity contribution in [3.63, 3.8) is 0 Å². The molecule has 0 saturated carbocycles. The number of hydrogen-bond donors (Lipinski definition) is 4. The molecule has 0 unspecified atom stereocenters. The number of nitrogens with one attached hydrogen (secondary N) is 3. The second kappa shape index (κ2) is 6.16. The summed E-state index contributed by atoms with van der Waals surface area (Å²) in [6.07, 6.45) is 1.69. The van der Waals surface area contributed by atoms with Crippen LogP contribution in [-0.2, 0) is 0 Å². The molecule has 0 radical (unpaired) electrons. The normalized spacial score (nSPS) is 10.8. The SMILES string of the molecule is Cc1cc2cc(Nc3ccnc(Nc4ccc(O)cc4)n3)ccc2[nH]1. The molecule has 0 bridgehead atoms. The molecule has 6 heteroatoms. The summed E-state index contributed by atoms with van der Waals surface area (Å²) in [7, 11) is 0. The summed E-state index contributed by atoms with van der Waals surface area (Å²) in [5, 5.41) is 16.9. The fraction of sp³-hybridized carbons (Fsp3) is 0.0526. The van der Waals surface area contributed by atoms with Crippen LogP contribution in [0.4, 0.5) is 23.1 Å². The summed E-state index contributed by atoms with van der Waals surface area (Å²) in [6, 6.07) is 16.8. The fourth-order valence-electron chi connectivity index (χ4n) is 2.67. The van der Waals surface area contributed by atoms with Crippen molar-refractivity contribution in [2.45, 2.75) is 6.92 Å². The molecule has 124 valence electrons. The van der Waals surface area contributed by atoms with Gasteiger partial charge in [-0.15, -0.1) is 0 Å². The lowest BCUT2D eigenvalue weighted by molar-refractivity contribution is 0.475. The van der Waals surface area contributed by atoms with Gasteiger partial charge in [-0.05, 0) is 61.5 Å². The lowest BCUT2D eigenvalue weighted by Crippen LogP contribution is -2.00. The predicted molar refractivity (Wildman–Crippen MR) is 99.7 cm³/mol. The maximum absolute atomic E-state index is 9.34. The van der Waals surface area contributed by atoms with Gasteiger partial charge in [0.25, 0.3) is 0 Å². The van der Waals surface area contributed by atoms with Crippen LogP contribution in [0.3, 0.4) is 0 Å². The summed E-state index contributed by atoms with van der Waals surface area (Å²) in [5.41, 5.74) is 4.01.